The first kappa shape index (κ1) is 15.0. The lowest BCUT2D eigenvalue weighted by Gasteiger charge is -1.92. The Labute approximate surface area is 79.9 Å². The van der Waals surface area contributed by atoms with E-state index in [1.807, 2.05) is 18.2 Å². The van der Waals surface area contributed by atoms with Crippen LogP contribution in [0.2, 0.25) is 0 Å². The van der Waals surface area contributed by atoms with Crippen LogP contribution in [0.4, 0.5) is 13.5 Å². The summed E-state index contributed by atoms with van der Waals surface area (Å²) >= 11 is 0. The second kappa shape index (κ2) is 11.5. The van der Waals surface area contributed by atoms with Gasteiger partial charge in [-0.2, -0.15) is 0 Å². The number of alkyl halides is 1. The van der Waals surface area contributed by atoms with E-state index in [0.717, 1.165) is 5.56 Å². The van der Waals surface area contributed by atoms with E-state index < -0.39 is 5.97 Å². The van der Waals surface area contributed by atoms with Crippen molar-refractivity contribution in [3.63, 3.8) is 0 Å². The van der Waals surface area contributed by atoms with Crippen molar-refractivity contribution in [2.45, 2.75) is 6.42 Å². The monoisotopic (exact) mass is 208 g/mol. The molecule has 0 bridgehead atoms. The second-order valence-corrected chi connectivity index (χ2v) is 2.06. The van der Waals surface area contributed by atoms with E-state index in [0.29, 0.717) is 7.18 Å². The first-order chi connectivity index (χ1) is 6.79. The van der Waals surface area contributed by atoms with E-state index in [2.05, 4.69) is 0 Å². The summed E-state index contributed by atoms with van der Waals surface area (Å²) in [6.45, 7) is 0. The number of halogens is 3. The molecule has 0 fully saturated rings. The summed E-state index contributed by atoms with van der Waals surface area (Å²) in [6, 6.07) is 9.13. The van der Waals surface area contributed by atoms with Crippen LogP contribution in [0, 0.1) is 0 Å². The van der Waals surface area contributed by atoms with Gasteiger partial charge in [0.2, 0.25) is 0 Å². The number of rotatable bonds is 2. The van der Waals surface area contributed by atoms with Crippen LogP contribution in [0.5, 0.6) is 0 Å². The Morgan fingerprint density at radius 2 is 1.64 bits per heavy atom. The number of aliphatic carboxylic acids is 1. The molecule has 0 aliphatic heterocycles. The van der Waals surface area contributed by atoms with Crippen LogP contribution in [0.1, 0.15) is 5.56 Å². The average molecular weight is 208 g/mol. The molecule has 0 saturated carbocycles. The molecule has 5 heteroatoms. The molecule has 80 valence electrons. The van der Waals surface area contributed by atoms with Gasteiger partial charge in [-0.25, -0.2) is 0 Å². The zero-order valence-corrected chi connectivity index (χ0v) is 7.58. The van der Waals surface area contributed by atoms with Gasteiger partial charge in [0.25, 0.3) is 0 Å². The standard InChI is InChI=1S/C8H8O2.CH3F.F2/c9-8(10)6-7-4-2-1-3-5-7;2*1-2/h1-5H,6H2,(H,9,10);1H3;. The number of carboxylic acids is 1. The van der Waals surface area contributed by atoms with Gasteiger partial charge in [0, 0.05) is 9.15 Å². The summed E-state index contributed by atoms with van der Waals surface area (Å²) in [7, 11) is 0.500. The molecule has 2 nitrogen and oxygen atoms in total. The largest absolute Gasteiger partial charge is 0.481 e. The highest BCUT2D eigenvalue weighted by Gasteiger charge is 1.96. The maximum Gasteiger partial charge on any atom is 0.307 e. The van der Waals surface area contributed by atoms with Crippen LogP contribution in [0.3, 0.4) is 0 Å². The summed E-state index contributed by atoms with van der Waals surface area (Å²) in [5.74, 6) is -0.786. The fourth-order valence-electron chi connectivity index (χ4n) is 0.770. The third-order valence-corrected chi connectivity index (χ3v) is 1.20. The highest BCUT2D eigenvalue weighted by molar-refractivity contribution is 5.70. The summed E-state index contributed by atoms with van der Waals surface area (Å²) in [5, 5.41) is 8.37. The number of hydrogen-bond donors (Lipinski definition) is 1. The first-order valence-corrected chi connectivity index (χ1v) is 3.57. The molecule has 0 heterocycles. The predicted molar refractivity (Wildman–Crippen MR) is 47.0 cm³/mol. The Morgan fingerprint density at radius 3 is 2.00 bits per heavy atom. The maximum atomic E-state index is 10.2. The Morgan fingerprint density at radius 1 is 1.21 bits per heavy atom. The fraction of sp³-hybridized carbons (Fsp3) is 0.222. The van der Waals surface area contributed by atoms with Gasteiger partial charge in [0.15, 0.2) is 0 Å². The van der Waals surface area contributed by atoms with Crippen molar-refractivity contribution >= 4 is 5.97 Å². The van der Waals surface area contributed by atoms with E-state index in [1.54, 1.807) is 12.1 Å². The quantitative estimate of drug-likeness (QED) is 0.811. The molecule has 0 amide bonds. The lowest BCUT2D eigenvalue weighted by Crippen LogP contribution is -1.98. The van der Waals surface area contributed by atoms with Crippen LogP contribution < -0.4 is 0 Å². The van der Waals surface area contributed by atoms with E-state index in [4.69, 9.17) is 14.3 Å². The van der Waals surface area contributed by atoms with Crippen LogP contribution in [-0.4, -0.2) is 18.3 Å². The summed E-state index contributed by atoms with van der Waals surface area (Å²) in [5.41, 5.74) is 0.843. The molecule has 0 aliphatic carbocycles. The van der Waals surface area contributed by atoms with Crippen LogP contribution in [-0.2, 0) is 11.2 Å². The first-order valence-electron chi connectivity index (χ1n) is 3.57. The van der Waals surface area contributed by atoms with Crippen molar-refractivity contribution in [3.05, 3.63) is 35.9 Å². The molecule has 0 atom stereocenters. The summed E-state index contributed by atoms with van der Waals surface area (Å²) in [4.78, 5) is 10.2. The van der Waals surface area contributed by atoms with Crippen molar-refractivity contribution in [2.75, 3.05) is 7.18 Å². The highest BCUT2D eigenvalue weighted by atomic mass is 20.0. The number of benzene rings is 1. The van der Waals surface area contributed by atoms with E-state index in [-0.39, 0.29) is 6.42 Å². The summed E-state index contributed by atoms with van der Waals surface area (Å²) < 4.78 is 25.5. The molecule has 1 aromatic rings. The van der Waals surface area contributed by atoms with E-state index in [1.165, 1.54) is 0 Å². The van der Waals surface area contributed by atoms with Crippen LogP contribution in [0.15, 0.2) is 30.3 Å². The summed E-state index contributed by atoms with van der Waals surface area (Å²) in [6.07, 6.45) is 0.112. The molecule has 14 heavy (non-hydrogen) atoms. The predicted octanol–water partition coefficient (Wildman–Crippen LogP) is 2.74. The normalized spacial score (nSPS) is 7.43. The minimum atomic E-state index is -0.786. The van der Waals surface area contributed by atoms with Crippen molar-refractivity contribution in [1.29, 1.82) is 0 Å². The molecule has 1 N–H and O–H groups in total. The van der Waals surface area contributed by atoms with Gasteiger partial charge in [-0.3, -0.25) is 9.18 Å². The topological polar surface area (TPSA) is 37.3 Å². The minimum Gasteiger partial charge on any atom is -0.481 e. The third-order valence-electron chi connectivity index (χ3n) is 1.20. The van der Waals surface area contributed by atoms with Crippen molar-refractivity contribution < 1.29 is 23.4 Å². The van der Waals surface area contributed by atoms with Gasteiger partial charge in [-0.15, -0.1) is 0 Å². The van der Waals surface area contributed by atoms with Gasteiger partial charge >= 0.3 is 5.97 Å². The molecule has 0 spiro atoms. The third kappa shape index (κ3) is 8.58. The molecule has 0 saturated heterocycles. The number of carboxylic acid groups (broad SMARTS) is 1. The Balaban J connectivity index is 0. The number of carbonyl (C=O) groups is 1. The van der Waals surface area contributed by atoms with E-state index >= 15 is 0 Å². The van der Waals surface area contributed by atoms with Gasteiger partial charge < -0.3 is 5.11 Å². The molecule has 0 aromatic heterocycles. The highest BCUT2D eigenvalue weighted by Crippen LogP contribution is 1.98. The van der Waals surface area contributed by atoms with Crippen molar-refractivity contribution in [1.82, 2.24) is 0 Å². The SMILES string of the molecule is CF.FF.O=C(O)Cc1ccccc1. The maximum absolute atomic E-state index is 10.2. The lowest BCUT2D eigenvalue weighted by atomic mass is 10.2. The van der Waals surface area contributed by atoms with Crippen LogP contribution in [0.25, 0.3) is 0 Å². The molecular formula is C9H11F3O2. The average Bonchev–Trinajstić information content (AvgIpc) is 2.24. The van der Waals surface area contributed by atoms with Gasteiger partial charge in [0.1, 0.15) is 0 Å². The minimum absolute atomic E-state index is 0.112. The molecule has 1 rings (SSSR count). The zero-order valence-electron chi connectivity index (χ0n) is 7.58. The molecule has 0 unspecified atom stereocenters. The lowest BCUT2D eigenvalue weighted by molar-refractivity contribution is -0.136. The Kier molecular flexibility index (Phi) is 12.3. The van der Waals surface area contributed by atoms with E-state index in [9.17, 15) is 9.18 Å². The molecular weight excluding hydrogens is 197 g/mol. The number of hydrogen-bond acceptors (Lipinski definition) is 1. The van der Waals surface area contributed by atoms with Gasteiger partial charge in [-0.05, 0) is 5.56 Å². The van der Waals surface area contributed by atoms with Crippen LogP contribution >= 0.6 is 0 Å². The molecule has 1 aromatic carbocycles. The van der Waals surface area contributed by atoms with Crippen molar-refractivity contribution in [3.8, 4) is 0 Å². The smallest absolute Gasteiger partial charge is 0.307 e. The molecule has 0 radical (unpaired) electrons. The molecule has 0 aliphatic rings. The zero-order chi connectivity index (χ0) is 11.4. The fourth-order valence-corrected chi connectivity index (χ4v) is 0.770. The second-order valence-electron chi connectivity index (χ2n) is 2.06. The van der Waals surface area contributed by atoms with Gasteiger partial charge in [0.05, 0.1) is 13.6 Å². The Hall–Kier alpha value is -1.52. The Bertz CT molecular complexity index is 227. The van der Waals surface area contributed by atoms with Crippen molar-refractivity contribution in [2.24, 2.45) is 0 Å². The van der Waals surface area contributed by atoms with Gasteiger partial charge in [-0.1, -0.05) is 30.3 Å².